The van der Waals surface area contributed by atoms with Gasteiger partial charge in [0.15, 0.2) is 0 Å². The van der Waals surface area contributed by atoms with Crippen LogP contribution in [0.4, 0.5) is 0 Å². The number of hydrogen-bond acceptors (Lipinski definition) is 0. The molecule has 0 saturated heterocycles. The Labute approximate surface area is 118 Å². The fraction of sp³-hybridized carbons (Fsp3) is 0.143. The Morgan fingerprint density at radius 3 is 2.00 bits per heavy atom. The molecule has 0 bridgehead atoms. The minimum absolute atomic E-state index is 0. The van der Waals surface area contributed by atoms with Crippen molar-refractivity contribution in [3.8, 4) is 0 Å². The first-order chi connectivity index (χ1) is 6.79. The minimum Gasteiger partial charge on any atom is -0.184 e. The van der Waals surface area contributed by atoms with Crippen molar-refractivity contribution in [2.24, 2.45) is 0 Å². The van der Waals surface area contributed by atoms with Crippen LogP contribution in [0.1, 0.15) is 11.1 Å². The van der Waals surface area contributed by atoms with Gasteiger partial charge >= 0.3 is 0 Å². The quantitative estimate of drug-likeness (QED) is 0.642. The van der Waals surface area contributed by atoms with Crippen molar-refractivity contribution in [3.05, 3.63) is 71.8 Å². The maximum Gasteiger partial charge on any atom is 0 e. The van der Waals surface area contributed by atoms with Gasteiger partial charge in [-0.3, -0.25) is 0 Å². The van der Waals surface area contributed by atoms with Gasteiger partial charge in [0.1, 0.15) is 0 Å². The molecule has 0 amide bonds. The summed E-state index contributed by atoms with van der Waals surface area (Å²) in [6.07, 6.45) is 0. The van der Waals surface area contributed by atoms with E-state index < -0.39 is 0 Å². The molecule has 1 radical (unpaired) electrons. The molecule has 0 aromatic heterocycles. The monoisotopic (exact) mass is 271 g/mol. The Hall–Kier alpha value is -0.456. The molecule has 2 rings (SSSR count). The van der Waals surface area contributed by atoms with Crippen LogP contribution in [-0.2, 0) is 32.7 Å². The third-order valence-electron chi connectivity index (χ3n) is 1.73. The van der Waals surface area contributed by atoms with Crippen molar-refractivity contribution in [3.63, 3.8) is 0 Å². The molecule has 0 aliphatic carbocycles. The zero-order valence-corrected chi connectivity index (χ0v) is 12.0. The Balaban J connectivity index is 0.000000245. The summed E-state index contributed by atoms with van der Waals surface area (Å²) in [5.74, 6) is 0. The number of rotatable bonds is 0. The van der Waals surface area contributed by atoms with Crippen LogP contribution in [0.3, 0.4) is 0 Å². The molecule has 75 valence electrons. The van der Waals surface area contributed by atoms with Gasteiger partial charge < -0.3 is 0 Å². The molecule has 0 saturated carbocycles. The van der Waals surface area contributed by atoms with Gasteiger partial charge in [-0.05, 0) is 0 Å². The summed E-state index contributed by atoms with van der Waals surface area (Å²) in [6.45, 7) is 4.08. The molecular weight excluding hydrogens is 257 g/mol. The van der Waals surface area contributed by atoms with E-state index in [0.717, 1.165) is 0 Å². The SMILES string of the molecule is Cc1[c-]cccc1.Cc1c[c-]ccc1.[Y]. The number of hydrogen-bond donors (Lipinski definition) is 0. The van der Waals surface area contributed by atoms with E-state index in [0.29, 0.717) is 0 Å². The van der Waals surface area contributed by atoms with E-state index in [1.165, 1.54) is 11.1 Å². The van der Waals surface area contributed by atoms with Crippen LogP contribution in [0, 0.1) is 26.0 Å². The molecular formula is C14H14Y-2. The summed E-state index contributed by atoms with van der Waals surface area (Å²) in [5.41, 5.74) is 2.46. The average Bonchev–Trinajstić information content (AvgIpc) is 2.21. The molecule has 15 heavy (non-hydrogen) atoms. The zero-order chi connectivity index (χ0) is 10.2. The van der Waals surface area contributed by atoms with Gasteiger partial charge in [0.25, 0.3) is 0 Å². The van der Waals surface area contributed by atoms with Crippen LogP contribution >= 0.6 is 0 Å². The molecule has 0 spiro atoms. The molecule has 0 heterocycles. The summed E-state index contributed by atoms with van der Waals surface area (Å²) in [4.78, 5) is 0. The maximum atomic E-state index is 3.03. The van der Waals surface area contributed by atoms with Crippen molar-refractivity contribution < 1.29 is 32.7 Å². The normalized spacial score (nSPS) is 8.13. The van der Waals surface area contributed by atoms with Gasteiger partial charge in [-0.2, -0.15) is 71.8 Å². The number of aryl methyl sites for hydroxylation is 2. The fourth-order valence-corrected chi connectivity index (χ4v) is 0.966. The molecule has 0 aliphatic heterocycles. The van der Waals surface area contributed by atoms with E-state index in [1.807, 2.05) is 49.4 Å². The summed E-state index contributed by atoms with van der Waals surface area (Å²) >= 11 is 0. The standard InChI is InChI=1S/2C7H7.Y/c2*1-7-5-3-2-4-6-7;/h2-3,5-6H,1H3;2-5H,1H3;/q2*-1;. The molecule has 0 fully saturated rings. The Kier molecular flexibility index (Phi) is 8.55. The van der Waals surface area contributed by atoms with Crippen LogP contribution in [0.5, 0.6) is 0 Å². The topological polar surface area (TPSA) is 0 Å². The van der Waals surface area contributed by atoms with Crippen LogP contribution in [0.2, 0.25) is 0 Å². The van der Waals surface area contributed by atoms with Crippen molar-refractivity contribution in [2.75, 3.05) is 0 Å². The van der Waals surface area contributed by atoms with Gasteiger partial charge in [0.2, 0.25) is 0 Å². The Bertz CT molecular complexity index is 303. The summed E-state index contributed by atoms with van der Waals surface area (Å²) < 4.78 is 0. The summed E-state index contributed by atoms with van der Waals surface area (Å²) in [5, 5.41) is 0. The fourth-order valence-electron chi connectivity index (χ4n) is 0.966. The number of benzene rings is 2. The van der Waals surface area contributed by atoms with Gasteiger partial charge in [-0.1, -0.05) is 13.8 Å². The zero-order valence-electron chi connectivity index (χ0n) is 9.20. The van der Waals surface area contributed by atoms with E-state index >= 15 is 0 Å². The third kappa shape index (κ3) is 7.47. The van der Waals surface area contributed by atoms with Crippen LogP contribution in [0.15, 0.2) is 48.5 Å². The maximum absolute atomic E-state index is 3.03. The summed E-state index contributed by atoms with van der Waals surface area (Å²) in [6, 6.07) is 21.8. The van der Waals surface area contributed by atoms with Gasteiger partial charge in [-0.25, -0.2) is 0 Å². The first-order valence-corrected chi connectivity index (χ1v) is 4.65. The second kappa shape index (κ2) is 8.82. The van der Waals surface area contributed by atoms with E-state index in [9.17, 15) is 0 Å². The summed E-state index contributed by atoms with van der Waals surface area (Å²) in [7, 11) is 0. The van der Waals surface area contributed by atoms with E-state index in [-0.39, 0.29) is 32.7 Å². The van der Waals surface area contributed by atoms with Gasteiger partial charge in [0, 0.05) is 32.7 Å². The first-order valence-electron chi connectivity index (χ1n) is 4.65. The van der Waals surface area contributed by atoms with E-state index in [1.54, 1.807) is 0 Å². The molecule has 0 nitrogen and oxygen atoms in total. The Morgan fingerprint density at radius 2 is 1.73 bits per heavy atom. The van der Waals surface area contributed by atoms with Crippen LogP contribution < -0.4 is 0 Å². The molecule has 0 aliphatic rings. The second-order valence-corrected chi connectivity index (χ2v) is 3.13. The molecule has 0 unspecified atom stereocenters. The van der Waals surface area contributed by atoms with Crippen molar-refractivity contribution in [1.29, 1.82) is 0 Å². The van der Waals surface area contributed by atoms with Crippen molar-refractivity contribution in [1.82, 2.24) is 0 Å². The van der Waals surface area contributed by atoms with Gasteiger partial charge in [-0.15, -0.1) is 0 Å². The smallest absolute Gasteiger partial charge is 0 e. The van der Waals surface area contributed by atoms with Crippen molar-refractivity contribution in [2.45, 2.75) is 13.8 Å². The molecule has 2 aromatic rings. The van der Waals surface area contributed by atoms with Crippen LogP contribution in [0.25, 0.3) is 0 Å². The average molecular weight is 271 g/mol. The molecule has 0 N–H and O–H groups in total. The second-order valence-electron chi connectivity index (χ2n) is 3.13. The Morgan fingerprint density at radius 1 is 0.933 bits per heavy atom. The van der Waals surface area contributed by atoms with E-state index in [2.05, 4.69) is 25.1 Å². The third-order valence-corrected chi connectivity index (χ3v) is 1.73. The minimum atomic E-state index is 0. The van der Waals surface area contributed by atoms with Crippen molar-refractivity contribution >= 4 is 0 Å². The van der Waals surface area contributed by atoms with Gasteiger partial charge in [0.05, 0.1) is 0 Å². The predicted molar refractivity (Wildman–Crippen MR) is 60.0 cm³/mol. The largest absolute Gasteiger partial charge is 0.184 e. The first kappa shape index (κ1) is 14.5. The molecule has 0 atom stereocenters. The predicted octanol–water partition coefficient (Wildman–Crippen LogP) is 3.59. The van der Waals surface area contributed by atoms with Crippen LogP contribution in [-0.4, -0.2) is 0 Å². The molecule has 2 aromatic carbocycles. The molecule has 1 heteroatoms. The van der Waals surface area contributed by atoms with E-state index in [4.69, 9.17) is 0 Å².